The van der Waals surface area contributed by atoms with E-state index in [0.29, 0.717) is 42.7 Å². The second-order valence-electron chi connectivity index (χ2n) is 22.4. The number of carbonyl (C=O) groups excluding carboxylic acids is 1. The number of methoxy groups -OCH3 is 1. The zero-order chi connectivity index (χ0) is 53.4. The number of anilines is 2. The van der Waals surface area contributed by atoms with Crippen LogP contribution in [0.1, 0.15) is 124 Å². The molecule has 17 heteroatoms. The van der Waals surface area contributed by atoms with Crippen molar-refractivity contribution >= 4 is 44.0 Å². The molecule has 0 radical (unpaired) electrons. The number of nitro benzene ring substituents is 1. The molecule has 2 aliphatic carbocycles. The van der Waals surface area contributed by atoms with Crippen LogP contribution in [0.4, 0.5) is 17.1 Å². The van der Waals surface area contributed by atoms with Gasteiger partial charge in [-0.25, -0.2) is 18.1 Å². The molecule has 0 bridgehead atoms. The summed E-state index contributed by atoms with van der Waals surface area (Å²) in [6.07, 6.45) is 11.4. The van der Waals surface area contributed by atoms with E-state index < -0.39 is 37.0 Å². The van der Waals surface area contributed by atoms with Crippen molar-refractivity contribution in [1.82, 2.24) is 24.5 Å². The monoisotopic (exact) mass is 1050 g/mol. The molecule has 2 aromatic heterocycles. The zero-order valence-corrected chi connectivity index (χ0v) is 45.2. The van der Waals surface area contributed by atoms with E-state index in [1.807, 2.05) is 19.1 Å². The molecule has 2 aliphatic heterocycles. The van der Waals surface area contributed by atoms with Crippen molar-refractivity contribution in [1.29, 1.82) is 0 Å². The van der Waals surface area contributed by atoms with Gasteiger partial charge in [-0.3, -0.25) is 24.7 Å². The first kappa shape index (κ1) is 52.9. The topological polar surface area (TPSA) is 196 Å². The molecule has 1 spiro atoms. The molecule has 4 fully saturated rings. The van der Waals surface area contributed by atoms with E-state index in [-0.39, 0.29) is 34.4 Å². The number of H-pyrrole nitrogens is 1. The summed E-state index contributed by atoms with van der Waals surface area (Å²) in [5.41, 5.74) is 6.15. The third kappa shape index (κ3) is 11.4. The Bertz CT molecular complexity index is 3190. The predicted octanol–water partition coefficient (Wildman–Crippen LogP) is 10.7. The highest BCUT2D eigenvalue weighted by Crippen LogP contribution is 2.53. The summed E-state index contributed by atoms with van der Waals surface area (Å²) in [5, 5.41) is 26.5. The van der Waals surface area contributed by atoms with Crippen molar-refractivity contribution in [3.63, 3.8) is 0 Å². The summed E-state index contributed by atoms with van der Waals surface area (Å²) in [7, 11) is -2.85. The minimum Gasteiger partial charge on any atom is -0.496 e. The summed E-state index contributed by atoms with van der Waals surface area (Å²) in [5.74, 6) is 1.12. The zero-order valence-electron chi connectivity index (χ0n) is 44.4. The van der Waals surface area contributed by atoms with Crippen LogP contribution in [-0.2, 0) is 23.0 Å². The first-order chi connectivity index (χ1) is 36.5. The molecule has 402 valence electrons. The van der Waals surface area contributed by atoms with Crippen LogP contribution in [-0.4, -0.2) is 102 Å². The Morgan fingerprint density at radius 3 is 2.46 bits per heavy atom. The Morgan fingerprint density at radius 2 is 1.72 bits per heavy atom. The van der Waals surface area contributed by atoms with E-state index in [2.05, 4.69) is 97.9 Å². The van der Waals surface area contributed by atoms with Gasteiger partial charge in [-0.15, -0.1) is 0 Å². The maximum Gasteiger partial charge on any atom is 0.293 e. The van der Waals surface area contributed by atoms with Gasteiger partial charge < -0.3 is 29.8 Å². The Kier molecular flexibility index (Phi) is 15.2. The summed E-state index contributed by atoms with van der Waals surface area (Å²) in [6.45, 7) is 14.5. The number of nitro groups is 1. The Hall–Kier alpha value is -6.53. The number of aryl methyl sites for hydroxylation is 1. The maximum atomic E-state index is 14.1. The number of pyridine rings is 1. The molecule has 1 unspecified atom stereocenters. The molecule has 4 aromatic carbocycles. The number of amides is 1. The van der Waals surface area contributed by atoms with Gasteiger partial charge in [0.25, 0.3) is 21.6 Å². The average molecular weight is 1050 g/mol. The number of sulfonamides is 1. The number of ether oxygens (including phenoxy) is 2. The van der Waals surface area contributed by atoms with Gasteiger partial charge in [-0.1, -0.05) is 57.2 Å². The van der Waals surface area contributed by atoms with Gasteiger partial charge in [0.15, 0.2) is 0 Å². The number of fused-ring (bicyclic) bond motifs is 1. The molecule has 2 saturated carbocycles. The Morgan fingerprint density at radius 1 is 0.947 bits per heavy atom. The fourth-order valence-corrected chi connectivity index (χ4v) is 13.4. The molecule has 1 amide bonds. The minimum absolute atomic E-state index is 0.0283. The van der Waals surface area contributed by atoms with Crippen molar-refractivity contribution in [2.24, 2.45) is 11.3 Å². The smallest absolute Gasteiger partial charge is 0.293 e. The van der Waals surface area contributed by atoms with E-state index in [9.17, 15) is 28.4 Å². The fraction of sp³-hybridized carbons (Fsp3) is 0.458. The predicted molar refractivity (Wildman–Crippen MR) is 296 cm³/mol. The van der Waals surface area contributed by atoms with Gasteiger partial charge in [0.05, 0.1) is 34.3 Å². The Labute approximate surface area is 446 Å². The van der Waals surface area contributed by atoms with E-state index in [4.69, 9.17) is 9.47 Å². The van der Waals surface area contributed by atoms with Crippen LogP contribution in [0.3, 0.4) is 0 Å². The lowest BCUT2D eigenvalue weighted by atomic mass is 9.59. The summed E-state index contributed by atoms with van der Waals surface area (Å²) < 4.78 is 42.0. The molecular formula is C59H72N8O8S. The van der Waals surface area contributed by atoms with E-state index in [1.165, 1.54) is 34.4 Å². The van der Waals surface area contributed by atoms with Gasteiger partial charge in [-0.05, 0) is 147 Å². The first-order valence-electron chi connectivity index (χ1n) is 27.0. The molecule has 76 heavy (non-hydrogen) atoms. The SMILES string of the molecule is CCc1cc(CN2CCN(C3CC4(CCN(c5ccc(C(=O)NS(=O)(=O)c6ccc(NCC7CCC(C)(O)CC7)c([N+](=O)[O-])c6)c(Oc6cnc7[nH]ccc7c6)c5)CC4)C3)C(c3ccccc3C(C)C)C2)ccc1OC. The number of aromatic nitrogens is 2. The van der Waals surface area contributed by atoms with Crippen LogP contribution in [0.25, 0.3) is 11.0 Å². The lowest BCUT2D eigenvalue weighted by Crippen LogP contribution is -2.60. The Balaban J connectivity index is 0.831. The van der Waals surface area contributed by atoms with Gasteiger partial charge in [0.1, 0.15) is 28.6 Å². The second-order valence-corrected chi connectivity index (χ2v) is 24.1. The number of piperazine rings is 1. The van der Waals surface area contributed by atoms with Crippen LogP contribution in [0.2, 0.25) is 0 Å². The number of piperidine rings is 1. The highest BCUT2D eigenvalue weighted by molar-refractivity contribution is 7.90. The molecule has 4 N–H and O–H groups in total. The van der Waals surface area contributed by atoms with Crippen LogP contribution < -0.4 is 24.4 Å². The number of hydrogen-bond acceptors (Lipinski definition) is 13. The molecule has 4 heterocycles. The molecule has 2 saturated heterocycles. The largest absolute Gasteiger partial charge is 0.496 e. The van der Waals surface area contributed by atoms with E-state index >= 15 is 0 Å². The third-order valence-corrected chi connectivity index (χ3v) is 18.2. The number of hydrogen-bond donors (Lipinski definition) is 4. The molecule has 6 aromatic rings. The lowest BCUT2D eigenvalue weighted by Gasteiger charge is -2.58. The normalized spacial score (nSPS) is 21.4. The van der Waals surface area contributed by atoms with Crippen molar-refractivity contribution < 1.29 is 32.7 Å². The average Bonchev–Trinajstić information content (AvgIpc) is 3.88. The quantitative estimate of drug-likeness (QED) is 0.0498. The molecule has 4 aliphatic rings. The highest BCUT2D eigenvalue weighted by Gasteiger charge is 2.50. The van der Waals surface area contributed by atoms with Crippen LogP contribution >= 0.6 is 0 Å². The van der Waals surface area contributed by atoms with Crippen LogP contribution in [0.15, 0.2) is 108 Å². The van der Waals surface area contributed by atoms with Crippen LogP contribution in [0, 0.1) is 21.4 Å². The number of nitrogens with one attached hydrogen (secondary N) is 3. The molecule has 1 atom stereocenters. The van der Waals surface area contributed by atoms with Gasteiger partial charge in [-0.2, -0.15) is 0 Å². The van der Waals surface area contributed by atoms with Crippen molar-refractivity contribution in [3.05, 3.63) is 141 Å². The van der Waals surface area contributed by atoms with Crippen LogP contribution in [0.5, 0.6) is 17.2 Å². The number of rotatable bonds is 17. The van der Waals surface area contributed by atoms with E-state index in [1.54, 1.807) is 37.7 Å². The maximum absolute atomic E-state index is 14.1. The number of aliphatic hydroxyl groups is 1. The van der Waals surface area contributed by atoms with Gasteiger partial charge in [0, 0.05) is 87.3 Å². The number of carbonyl (C=O) groups is 1. The fourth-order valence-electron chi connectivity index (χ4n) is 12.4. The minimum atomic E-state index is -4.59. The van der Waals surface area contributed by atoms with Crippen molar-refractivity contribution in [2.75, 3.05) is 56.6 Å². The number of nitrogens with zero attached hydrogens (tertiary/aromatic N) is 5. The lowest BCUT2D eigenvalue weighted by molar-refractivity contribution is -0.384. The first-order valence-corrected chi connectivity index (χ1v) is 28.5. The van der Waals surface area contributed by atoms with Gasteiger partial charge >= 0.3 is 0 Å². The van der Waals surface area contributed by atoms with Crippen molar-refractivity contribution in [3.8, 4) is 17.2 Å². The number of aromatic amines is 1. The molecule has 10 rings (SSSR count). The second kappa shape index (κ2) is 21.8. The van der Waals surface area contributed by atoms with Crippen molar-refractivity contribution in [2.45, 2.75) is 121 Å². The third-order valence-electron chi connectivity index (χ3n) is 16.9. The standard InChI is InChI=1S/C59H72N8O8S/c1-6-42-29-41(11-16-54(42)74-5)37-64-27-28-66(53(38-64)49-10-8-7-9-48(49)39(2)3)45-33-59(34-45)22-25-65(26-23-59)44-12-14-50(55(31-44)75-46-30-43-19-24-60-56(43)62-36-46)57(68)63-76(72,73)47-13-15-51(52(32-47)67(70)71)61-35-40-17-20-58(4,69)21-18-40/h7-16,19,24,29-32,36,39-40,45,53,61,69H,6,17-18,20-23,25-28,33-35,37-38H2,1-5H3,(H,60,62)(H,63,68). The van der Waals surface area contributed by atoms with Gasteiger partial charge in [0.2, 0.25) is 0 Å². The summed E-state index contributed by atoms with van der Waals surface area (Å²) in [6, 6.07) is 28.8. The summed E-state index contributed by atoms with van der Waals surface area (Å²) in [4.78, 5) is 40.6. The number of benzene rings is 4. The molecular weight excluding hydrogens is 981 g/mol. The summed E-state index contributed by atoms with van der Waals surface area (Å²) >= 11 is 0. The molecule has 16 nitrogen and oxygen atoms in total. The highest BCUT2D eigenvalue weighted by atomic mass is 32.2. The van der Waals surface area contributed by atoms with E-state index in [0.717, 1.165) is 107 Å².